The smallest absolute Gasteiger partial charge is 0.133 e. The highest BCUT2D eigenvalue weighted by Gasteiger charge is 2.10. The van der Waals surface area contributed by atoms with E-state index in [1.54, 1.807) is 6.20 Å². The first kappa shape index (κ1) is 10.4. The van der Waals surface area contributed by atoms with Gasteiger partial charge >= 0.3 is 0 Å². The van der Waals surface area contributed by atoms with Crippen LogP contribution in [0.25, 0.3) is 0 Å². The van der Waals surface area contributed by atoms with Crippen LogP contribution in [0.1, 0.15) is 23.6 Å². The van der Waals surface area contributed by atoms with Crippen molar-refractivity contribution in [2.45, 2.75) is 19.4 Å². The van der Waals surface area contributed by atoms with Crippen molar-refractivity contribution in [2.24, 2.45) is 5.73 Å². The Labute approximate surface area is 82.5 Å². The third-order valence-corrected chi connectivity index (χ3v) is 2.16. The monoisotopic (exact) mass is 200 g/mol. The Balaban J connectivity index is 2.91. The molecule has 0 aromatic carbocycles. The number of nitrogens with two attached hydrogens (primary N) is 1. The molecule has 4 heteroatoms. The van der Waals surface area contributed by atoms with Crippen molar-refractivity contribution in [2.75, 3.05) is 6.61 Å². The Hall–Kier alpha value is -0.640. The summed E-state index contributed by atoms with van der Waals surface area (Å²) in [5.74, 6) is 0. The molecule has 0 aliphatic rings. The lowest BCUT2D eigenvalue weighted by atomic mass is 10.1. The van der Waals surface area contributed by atoms with Crippen LogP contribution in [0.4, 0.5) is 0 Å². The van der Waals surface area contributed by atoms with Crippen molar-refractivity contribution >= 4 is 11.6 Å². The predicted molar refractivity (Wildman–Crippen MR) is 52.6 cm³/mol. The van der Waals surface area contributed by atoms with Gasteiger partial charge in [-0.15, -0.1) is 0 Å². The molecule has 0 saturated carbocycles. The van der Waals surface area contributed by atoms with Crippen LogP contribution in [-0.4, -0.2) is 16.7 Å². The van der Waals surface area contributed by atoms with Crippen molar-refractivity contribution in [1.29, 1.82) is 0 Å². The fourth-order valence-electron chi connectivity index (χ4n) is 1.13. The van der Waals surface area contributed by atoms with E-state index in [1.807, 2.05) is 13.0 Å². The molecule has 0 fully saturated rings. The summed E-state index contributed by atoms with van der Waals surface area (Å²) in [4.78, 5) is 3.99. The van der Waals surface area contributed by atoms with Gasteiger partial charge in [0.05, 0.1) is 0 Å². The maximum absolute atomic E-state index is 8.71. The van der Waals surface area contributed by atoms with Gasteiger partial charge in [-0.25, -0.2) is 4.98 Å². The third kappa shape index (κ3) is 2.66. The molecule has 1 rings (SSSR count). The number of nitrogens with zero attached hydrogens (tertiary/aromatic N) is 1. The highest BCUT2D eigenvalue weighted by atomic mass is 35.5. The molecule has 0 radical (unpaired) electrons. The fraction of sp³-hybridized carbons (Fsp3) is 0.444. The average Bonchev–Trinajstić information content (AvgIpc) is 2.09. The lowest BCUT2D eigenvalue weighted by molar-refractivity contribution is 0.276. The largest absolute Gasteiger partial charge is 0.396 e. The second-order valence-corrected chi connectivity index (χ2v) is 3.37. The van der Waals surface area contributed by atoms with Crippen LogP contribution in [0.5, 0.6) is 0 Å². The minimum absolute atomic E-state index is 0.0609. The molecule has 1 heterocycles. The maximum Gasteiger partial charge on any atom is 0.133 e. The van der Waals surface area contributed by atoms with Gasteiger partial charge in [0.1, 0.15) is 5.15 Å². The summed E-state index contributed by atoms with van der Waals surface area (Å²) in [5.41, 5.74) is 7.61. The Morgan fingerprint density at radius 1 is 1.69 bits per heavy atom. The number of pyridine rings is 1. The Bertz CT molecular complexity index is 291. The Morgan fingerprint density at radius 3 is 3.00 bits per heavy atom. The van der Waals surface area contributed by atoms with E-state index in [2.05, 4.69) is 4.98 Å². The highest BCUT2D eigenvalue weighted by Crippen LogP contribution is 2.21. The van der Waals surface area contributed by atoms with E-state index in [4.69, 9.17) is 22.4 Å². The third-order valence-electron chi connectivity index (χ3n) is 1.84. The number of hydrogen-bond donors (Lipinski definition) is 2. The standard InChI is InChI=1S/C9H13ClN2O/c1-6-4-7(8(11)2-3-13)9(10)12-5-6/h4-5,8,13H,2-3,11H2,1H3/t8-/m1/s1. The summed E-state index contributed by atoms with van der Waals surface area (Å²) in [6.07, 6.45) is 2.20. The Morgan fingerprint density at radius 2 is 2.38 bits per heavy atom. The van der Waals surface area contributed by atoms with Gasteiger partial charge in [-0.3, -0.25) is 0 Å². The van der Waals surface area contributed by atoms with Crippen LogP contribution >= 0.6 is 11.6 Å². The van der Waals surface area contributed by atoms with Crippen molar-refractivity contribution in [3.63, 3.8) is 0 Å². The molecule has 72 valence electrons. The average molecular weight is 201 g/mol. The number of aliphatic hydroxyl groups excluding tert-OH is 1. The van der Waals surface area contributed by atoms with Crippen LogP contribution in [0.15, 0.2) is 12.3 Å². The zero-order valence-corrected chi connectivity index (χ0v) is 8.25. The van der Waals surface area contributed by atoms with E-state index >= 15 is 0 Å². The van der Waals surface area contributed by atoms with Crippen molar-refractivity contribution < 1.29 is 5.11 Å². The summed E-state index contributed by atoms with van der Waals surface area (Å²) in [6.45, 7) is 1.99. The van der Waals surface area contributed by atoms with E-state index in [0.29, 0.717) is 11.6 Å². The predicted octanol–water partition coefficient (Wildman–Crippen LogP) is 1.43. The van der Waals surface area contributed by atoms with E-state index in [-0.39, 0.29) is 12.6 Å². The fourth-order valence-corrected chi connectivity index (χ4v) is 1.37. The molecule has 0 aliphatic heterocycles. The molecule has 0 saturated heterocycles. The summed E-state index contributed by atoms with van der Waals surface area (Å²) in [7, 11) is 0. The van der Waals surface area contributed by atoms with Crippen molar-refractivity contribution in [3.05, 3.63) is 28.5 Å². The molecular weight excluding hydrogens is 188 g/mol. The molecule has 1 atom stereocenters. The van der Waals surface area contributed by atoms with Crippen LogP contribution in [0.2, 0.25) is 5.15 Å². The first-order valence-electron chi connectivity index (χ1n) is 4.13. The van der Waals surface area contributed by atoms with Gasteiger partial charge in [0.15, 0.2) is 0 Å². The number of rotatable bonds is 3. The normalized spacial score (nSPS) is 12.9. The first-order chi connectivity index (χ1) is 6.15. The number of aromatic nitrogens is 1. The topological polar surface area (TPSA) is 59.1 Å². The lowest BCUT2D eigenvalue weighted by Crippen LogP contribution is -2.13. The van der Waals surface area contributed by atoms with E-state index in [0.717, 1.165) is 11.1 Å². The van der Waals surface area contributed by atoms with E-state index < -0.39 is 0 Å². The van der Waals surface area contributed by atoms with E-state index in [9.17, 15) is 0 Å². The van der Waals surface area contributed by atoms with Gasteiger partial charge in [0.2, 0.25) is 0 Å². The molecule has 1 aromatic rings. The maximum atomic E-state index is 8.71. The minimum atomic E-state index is -0.232. The molecule has 0 spiro atoms. The van der Waals surface area contributed by atoms with Crippen molar-refractivity contribution in [1.82, 2.24) is 4.98 Å². The van der Waals surface area contributed by atoms with Gasteiger partial charge in [-0.05, 0) is 25.0 Å². The molecule has 13 heavy (non-hydrogen) atoms. The zero-order chi connectivity index (χ0) is 9.84. The number of hydrogen-bond acceptors (Lipinski definition) is 3. The van der Waals surface area contributed by atoms with Gasteiger partial charge in [0, 0.05) is 24.4 Å². The first-order valence-corrected chi connectivity index (χ1v) is 4.51. The number of aliphatic hydroxyl groups is 1. The van der Waals surface area contributed by atoms with E-state index in [1.165, 1.54) is 0 Å². The zero-order valence-electron chi connectivity index (χ0n) is 7.50. The molecule has 0 bridgehead atoms. The minimum Gasteiger partial charge on any atom is -0.396 e. The summed E-state index contributed by atoms with van der Waals surface area (Å²) in [5, 5.41) is 9.14. The Kier molecular flexibility index (Phi) is 3.66. The van der Waals surface area contributed by atoms with Crippen LogP contribution in [0.3, 0.4) is 0 Å². The summed E-state index contributed by atoms with van der Waals surface area (Å²) < 4.78 is 0. The molecular formula is C9H13ClN2O. The number of halogens is 1. The van der Waals surface area contributed by atoms with Gasteiger partial charge < -0.3 is 10.8 Å². The van der Waals surface area contributed by atoms with Crippen LogP contribution in [-0.2, 0) is 0 Å². The van der Waals surface area contributed by atoms with Crippen LogP contribution in [0, 0.1) is 6.92 Å². The molecule has 0 aliphatic carbocycles. The number of aryl methyl sites for hydroxylation is 1. The summed E-state index contributed by atoms with van der Waals surface area (Å²) in [6, 6.07) is 1.67. The second kappa shape index (κ2) is 4.56. The molecule has 3 nitrogen and oxygen atoms in total. The molecule has 0 unspecified atom stereocenters. The van der Waals surface area contributed by atoms with Crippen molar-refractivity contribution in [3.8, 4) is 0 Å². The molecule has 0 amide bonds. The van der Waals surface area contributed by atoms with Gasteiger partial charge in [0.25, 0.3) is 0 Å². The molecule has 3 N–H and O–H groups in total. The molecule has 1 aromatic heterocycles. The van der Waals surface area contributed by atoms with Crippen LogP contribution < -0.4 is 5.73 Å². The quantitative estimate of drug-likeness (QED) is 0.726. The lowest BCUT2D eigenvalue weighted by Gasteiger charge is -2.11. The summed E-state index contributed by atoms with van der Waals surface area (Å²) >= 11 is 5.85. The second-order valence-electron chi connectivity index (χ2n) is 3.01. The van der Waals surface area contributed by atoms with Gasteiger partial charge in [-0.2, -0.15) is 0 Å². The highest BCUT2D eigenvalue weighted by molar-refractivity contribution is 6.30. The van der Waals surface area contributed by atoms with Gasteiger partial charge in [-0.1, -0.05) is 11.6 Å². The SMILES string of the molecule is Cc1cnc(Cl)c([C@H](N)CCO)c1.